The number of aryl methyl sites for hydroxylation is 1. The number of urea groups is 1. The summed E-state index contributed by atoms with van der Waals surface area (Å²) in [5, 5.41) is 5.44. The van der Waals surface area contributed by atoms with Gasteiger partial charge < -0.3 is 16.4 Å². The van der Waals surface area contributed by atoms with Gasteiger partial charge in [0.2, 0.25) is 5.91 Å². The van der Waals surface area contributed by atoms with Crippen molar-refractivity contribution in [3.05, 3.63) is 35.4 Å². The first-order valence-corrected chi connectivity index (χ1v) is 8.34. The second-order valence-electron chi connectivity index (χ2n) is 6.60. The summed E-state index contributed by atoms with van der Waals surface area (Å²) in [7, 11) is 0. The topological polar surface area (TPSA) is 84.2 Å². The van der Waals surface area contributed by atoms with Gasteiger partial charge in [-0.15, -0.1) is 0 Å². The Morgan fingerprint density at radius 1 is 1.22 bits per heavy atom. The van der Waals surface area contributed by atoms with Gasteiger partial charge in [0.15, 0.2) is 0 Å². The number of amides is 3. The summed E-state index contributed by atoms with van der Waals surface area (Å²) in [6, 6.07) is 7.12. The fraction of sp³-hybridized carbons (Fsp3) is 0.556. The average molecular weight is 317 g/mol. The second kappa shape index (κ2) is 7.49. The van der Waals surface area contributed by atoms with E-state index < -0.39 is 12.1 Å². The monoisotopic (exact) mass is 317 g/mol. The van der Waals surface area contributed by atoms with Gasteiger partial charge in [-0.2, -0.15) is 0 Å². The molecule has 0 saturated heterocycles. The fourth-order valence-corrected chi connectivity index (χ4v) is 3.63. The van der Waals surface area contributed by atoms with Gasteiger partial charge in [-0.3, -0.25) is 4.79 Å². The van der Waals surface area contributed by atoms with Crippen LogP contribution in [0.1, 0.15) is 50.2 Å². The summed E-state index contributed by atoms with van der Waals surface area (Å²) >= 11 is 0. The van der Waals surface area contributed by atoms with Crippen molar-refractivity contribution < 1.29 is 9.59 Å². The van der Waals surface area contributed by atoms with E-state index in [1.54, 1.807) is 6.92 Å². The standard InChI is InChI=1S/C18H27N3O2/c1-13-8-4-5-9-15(13)18(10-6-3-7-11-18)12-20-16(22)14(2)21-17(19)23/h4-5,8-9,14H,3,6-7,10-12H2,1-2H3,(H,20,22)(H3,19,21,23)/t14-/m1/s1. The van der Waals surface area contributed by atoms with Crippen LogP contribution in [-0.4, -0.2) is 24.5 Å². The van der Waals surface area contributed by atoms with E-state index in [1.807, 2.05) is 6.07 Å². The summed E-state index contributed by atoms with van der Waals surface area (Å²) < 4.78 is 0. The molecule has 0 spiro atoms. The van der Waals surface area contributed by atoms with Crippen LogP contribution in [0.4, 0.5) is 4.79 Å². The summed E-state index contributed by atoms with van der Waals surface area (Å²) in [6.07, 6.45) is 5.77. The van der Waals surface area contributed by atoms with Crippen LogP contribution in [0.5, 0.6) is 0 Å². The lowest BCUT2D eigenvalue weighted by Gasteiger charge is -2.39. The molecule has 4 N–H and O–H groups in total. The van der Waals surface area contributed by atoms with Gasteiger partial charge in [-0.1, -0.05) is 43.5 Å². The van der Waals surface area contributed by atoms with E-state index in [4.69, 9.17) is 5.73 Å². The van der Waals surface area contributed by atoms with E-state index in [-0.39, 0.29) is 11.3 Å². The maximum atomic E-state index is 12.2. The molecule has 0 bridgehead atoms. The van der Waals surface area contributed by atoms with E-state index in [9.17, 15) is 9.59 Å². The number of carbonyl (C=O) groups is 2. The van der Waals surface area contributed by atoms with Crippen LogP contribution in [0, 0.1) is 6.92 Å². The Hall–Kier alpha value is -2.04. The number of carbonyl (C=O) groups excluding carboxylic acids is 2. The number of hydrogen-bond donors (Lipinski definition) is 3. The zero-order valence-electron chi connectivity index (χ0n) is 14.0. The molecule has 1 aliphatic carbocycles. The molecule has 23 heavy (non-hydrogen) atoms. The molecular weight excluding hydrogens is 290 g/mol. The summed E-state index contributed by atoms with van der Waals surface area (Å²) in [6.45, 7) is 4.37. The molecule has 0 unspecified atom stereocenters. The Balaban J connectivity index is 2.12. The first-order chi connectivity index (χ1) is 10.9. The van der Waals surface area contributed by atoms with Crippen LogP contribution in [0.15, 0.2) is 24.3 Å². The van der Waals surface area contributed by atoms with Crippen molar-refractivity contribution in [2.75, 3.05) is 6.54 Å². The van der Waals surface area contributed by atoms with Crippen LogP contribution in [0.2, 0.25) is 0 Å². The third-order valence-corrected chi connectivity index (χ3v) is 4.88. The molecule has 1 aromatic carbocycles. The highest BCUT2D eigenvalue weighted by Gasteiger charge is 2.35. The molecule has 0 radical (unpaired) electrons. The van der Waals surface area contributed by atoms with Crippen molar-refractivity contribution in [1.29, 1.82) is 0 Å². The minimum Gasteiger partial charge on any atom is -0.353 e. The Bertz CT molecular complexity index is 565. The molecule has 0 heterocycles. The lowest BCUT2D eigenvalue weighted by atomic mass is 9.68. The fourth-order valence-electron chi connectivity index (χ4n) is 3.63. The molecule has 0 aromatic heterocycles. The molecular formula is C18H27N3O2. The lowest BCUT2D eigenvalue weighted by Crippen LogP contribution is -2.50. The third kappa shape index (κ3) is 4.24. The molecule has 1 aromatic rings. The highest BCUT2D eigenvalue weighted by Crippen LogP contribution is 2.40. The molecule has 0 aliphatic heterocycles. The minimum atomic E-state index is -0.682. The Kier molecular flexibility index (Phi) is 5.64. The van der Waals surface area contributed by atoms with Gasteiger partial charge in [-0.25, -0.2) is 4.79 Å². The van der Waals surface area contributed by atoms with Gasteiger partial charge >= 0.3 is 6.03 Å². The Morgan fingerprint density at radius 3 is 2.48 bits per heavy atom. The largest absolute Gasteiger partial charge is 0.353 e. The van der Waals surface area contributed by atoms with Gasteiger partial charge in [-0.05, 0) is 37.8 Å². The summed E-state index contributed by atoms with van der Waals surface area (Å²) in [5.74, 6) is -0.192. The van der Waals surface area contributed by atoms with E-state index in [0.29, 0.717) is 6.54 Å². The molecule has 2 rings (SSSR count). The third-order valence-electron chi connectivity index (χ3n) is 4.88. The van der Waals surface area contributed by atoms with Crippen molar-refractivity contribution in [2.24, 2.45) is 5.73 Å². The number of benzene rings is 1. The van der Waals surface area contributed by atoms with Crippen molar-refractivity contribution in [2.45, 2.75) is 57.4 Å². The van der Waals surface area contributed by atoms with E-state index >= 15 is 0 Å². The zero-order chi connectivity index (χ0) is 16.9. The van der Waals surface area contributed by atoms with Gasteiger partial charge in [0, 0.05) is 12.0 Å². The zero-order valence-corrected chi connectivity index (χ0v) is 14.0. The maximum Gasteiger partial charge on any atom is 0.312 e. The Morgan fingerprint density at radius 2 is 1.87 bits per heavy atom. The SMILES string of the molecule is Cc1ccccc1C1(CNC(=O)[C@@H](C)NC(N)=O)CCCCC1. The predicted molar refractivity (Wildman–Crippen MR) is 91.1 cm³/mol. The van der Waals surface area contributed by atoms with Crippen molar-refractivity contribution in [3.8, 4) is 0 Å². The molecule has 1 saturated carbocycles. The molecule has 1 atom stereocenters. The first kappa shape index (κ1) is 17.3. The second-order valence-corrected chi connectivity index (χ2v) is 6.60. The van der Waals surface area contributed by atoms with Crippen LogP contribution < -0.4 is 16.4 Å². The molecule has 5 heteroatoms. The number of hydrogen-bond acceptors (Lipinski definition) is 2. The number of rotatable bonds is 5. The maximum absolute atomic E-state index is 12.2. The Labute approximate surface area is 138 Å². The smallest absolute Gasteiger partial charge is 0.312 e. The molecule has 5 nitrogen and oxygen atoms in total. The predicted octanol–water partition coefficient (Wildman–Crippen LogP) is 2.37. The van der Waals surface area contributed by atoms with Crippen molar-refractivity contribution in [3.63, 3.8) is 0 Å². The lowest BCUT2D eigenvalue weighted by molar-refractivity contribution is -0.122. The number of nitrogens with one attached hydrogen (secondary N) is 2. The van der Waals surface area contributed by atoms with E-state index in [0.717, 1.165) is 12.8 Å². The molecule has 1 fully saturated rings. The van der Waals surface area contributed by atoms with Crippen LogP contribution in [0.3, 0.4) is 0 Å². The van der Waals surface area contributed by atoms with Crippen LogP contribution in [-0.2, 0) is 10.2 Å². The molecule has 3 amide bonds. The van der Waals surface area contributed by atoms with Gasteiger partial charge in [0.05, 0.1) is 0 Å². The highest BCUT2D eigenvalue weighted by molar-refractivity contribution is 5.86. The van der Waals surface area contributed by atoms with Gasteiger partial charge in [0.25, 0.3) is 0 Å². The molecule has 126 valence electrons. The first-order valence-electron chi connectivity index (χ1n) is 8.34. The summed E-state index contributed by atoms with van der Waals surface area (Å²) in [4.78, 5) is 23.1. The van der Waals surface area contributed by atoms with E-state index in [1.165, 1.54) is 30.4 Å². The van der Waals surface area contributed by atoms with Crippen LogP contribution in [0.25, 0.3) is 0 Å². The highest BCUT2D eigenvalue weighted by atomic mass is 16.2. The quantitative estimate of drug-likeness (QED) is 0.779. The minimum absolute atomic E-state index is 0.00824. The van der Waals surface area contributed by atoms with Crippen molar-refractivity contribution in [1.82, 2.24) is 10.6 Å². The summed E-state index contributed by atoms with van der Waals surface area (Å²) in [5.41, 5.74) is 7.67. The van der Waals surface area contributed by atoms with Crippen LogP contribution >= 0.6 is 0 Å². The molecule has 1 aliphatic rings. The van der Waals surface area contributed by atoms with Crippen molar-refractivity contribution >= 4 is 11.9 Å². The van der Waals surface area contributed by atoms with E-state index in [2.05, 4.69) is 35.8 Å². The average Bonchev–Trinajstić information content (AvgIpc) is 2.53. The normalized spacial score (nSPS) is 18.0. The number of primary amides is 1. The van der Waals surface area contributed by atoms with Gasteiger partial charge in [0.1, 0.15) is 6.04 Å². The number of nitrogens with two attached hydrogens (primary N) is 1.